The molecule has 3 heteroatoms. The molecule has 2 aromatic rings. The molecule has 0 aliphatic carbocycles. The van der Waals surface area contributed by atoms with Gasteiger partial charge in [-0.2, -0.15) is 0 Å². The van der Waals surface area contributed by atoms with E-state index in [2.05, 4.69) is 49.3 Å². The molecule has 0 radical (unpaired) electrons. The van der Waals surface area contributed by atoms with Crippen LogP contribution in [0.5, 0.6) is 0 Å². The molecule has 0 amide bonds. The van der Waals surface area contributed by atoms with Gasteiger partial charge >= 0.3 is 0 Å². The van der Waals surface area contributed by atoms with Crippen molar-refractivity contribution in [2.75, 3.05) is 11.9 Å². The van der Waals surface area contributed by atoms with Gasteiger partial charge in [-0.05, 0) is 37.3 Å². The summed E-state index contributed by atoms with van der Waals surface area (Å²) in [5, 5.41) is 14.3. The lowest BCUT2D eigenvalue weighted by Crippen LogP contribution is -2.27. The Bertz CT molecular complexity index is 605. The van der Waals surface area contributed by atoms with Gasteiger partial charge in [0.25, 0.3) is 0 Å². The molecule has 114 valence electrons. The van der Waals surface area contributed by atoms with Crippen LogP contribution in [0.15, 0.2) is 30.3 Å². The van der Waals surface area contributed by atoms with Crippen LogP contribution in [0.2, 0.25) is 0 Å². The van der Waals surface area contributed by atoms with E-state index < -0.39 is 0 Å². The molecule has 1 atom stereocenters. The molecular formula is C18H26N2O. The minimum atomic E-state index is -0.276. The van der Waals surface area contributed by atoms with Gasteiger partial charge in [0.2, 0.25) is 0 Å². The van der Waals surface area contributed by atoms with Crippen LogP contribution in [0.1, 0.15) is 39.8 Å². The maximum Gasteiger partial charge on any atom is 0.0726 e. The molecule has 3 nitrogen and oxygen atoms in total. The van der Waals surface area contributed by atoms with Crippen LogP contribution in [-0.4, -0.2) is 22.7 Å². The highest BCUT2D eigenvalue weighted by Crippen LogP contribution is 2.27. The maximum absolute atomic E-state index is 9.60. The standard InChI is InChI=1S/C18H26N2O/c1-5-14-10-17(15-8-6-7-9-16(15)20-14)19-12-18(3,4)11-13(2)21/h6-10,13,21H,5,11-12H2,1-4H3,(H,19,20). The van der Waals surface area contributed by atoms with Gasteiger partial charge in [-0.25, -0.2) is 0 Å². The second-order valence-electron chi connectivity index (χ2n) is 6.60. The quantitative estimate of drug-likeness (QED) is 0.843. The first-order chi connectivity index (χ1) is 9.91. The molecule has 0 saturated heterocycles. The van der Waals surface area contributed by atoms with E-state index in [9.17, 15) is 5.11 Å². The Labute approximate surface area is 127 Å². The zero-order valence-electron chi connectivity index (χ0n) is 13.5. The molecule has 1 aromatic carbocycles. The van der Waals surface area contributed by atoms with E-state index in [1.54, 1.807) is 0 Å². The Morgan fingerprint density at radius 2 is 2.00 bits per heavy atom. The largest absolute Gasteiger partial charge is 0.393 e. The van der Waals surface area contributed by atoms with Crippen LogP contribution in [0.3, 0.4) is 0 Å². The number of nitrogens with one attached hydrogen (secondary N) is 1. The number of aromatic nitrogens is 1. The topological polar surface area (TPSA) is 45.1 Å². The van der Waals surface area contributed by atoms with Crippen LogP contribution in [0.4, 0.5) is 5.69 Å². The highest BCUT2D eigenvalue weighted by Gasteiger charge is 2.20. The van der Waals surface area contributed by atoms with Gasteiger partial charge in [-0.3, -0.25) is 4.98 Å². The molecule has 0 spiro atoms. The van der Waals surface area contributed by atoms with E-state index in [1.165, 1.54) is 0 Å². The summed E-state index contributed by atoms with van der Waals surface area (Å²) in [6.07, 6.45) is 1.43. The predicted octanol–water partition coefficient (Wildman–Crippen LogP) is 4.01. The van der Waals surface area contributed by atoms with Crippen LogP contribution < -0.4 is 5.32 Å². The number of rotatable bonds is 6. The third-order valence-corrected chi connectivity index (χ3v) is 3.74. The van der Waals surface area contributed by atoms with Gasteiger partial charge in [-0.1, -0.05) is 39.0 Å². The minimum Gasteiger partial charge on any atom is -0.393 e. The Morgan fingerprint density at radius 3 is 2.67 bits per heavy atom. The van der Waals surface area contributed by atoms with Gasteiger partial charge in [0.1, 0.15) is 0 Å². The van der Waals surface area contributed by atoms with E-state index in [0.29, 0.717) is 0 Å². The van der Waals surface area contributed by atoms with Crippen molar-refractivity contribution in [3.05, 3.63) is 36.0 Å². The summed E-state index contributed by atoms with van der Waals surface area (Å²) in [6.45, 7) is 9.15. The van der Waals surface area contributed by atoms with Crippen LogP contribution in [-0.2, 0) is 6.42 Å². The first-order valence-corrected chi connectivity index (χ1v) is 7.72. The molecule has 0 aliphatic rings. The number of fused-ring (bicyclic) bond motifs is 1. The number of pyridine rings is 1. The molecule has 1 unspecified atom stereocenters. The number of para-hydroxylation sites is 1. The summed E-state index contributed by atoms with van der Waals surface area (Å²) in [5.74, 6) is 0. The molecule has 2 rings (SSSR count). The van der Waals surface area contributed by atoms with Gasteiger partial charge in [-0.15, -0.1) is 0 Å². The average Bonchev–Trinajstić information content (AvgIpc) is 2.43. The Hall–Kier alpha value is -1.61. The smallest absolute Gasteiger partial charge is 0.0726 e. The van der Waals surface area contributed by atoms with E-state index >= 15 is 0 Å². The molecule has 0 fully saturated rings. The summed E-state index contributed by atoms with van der Waals surface area (Å²) < 4.78 is 0. The fourth-order valence-electron chi connectivity index (χ4n) is 2.76. The molecular weight excluding hydrogens is 260 g/mol. The van der Waals surface area contributed by atoms with Crippen molar-refractivity contribution in [2.45, 2.75) is 46.6 Å². The summed E-state index contributed by atoms with van der Waals surface area (Å²) in [4.78, 5) is 4.67. The monoisotopic (exact) mass is 286 g/mol. The zero-order valence-corrected chi connectivity index (χ0v) is 13.5. The Balaban J connectivity index is 2.25. The molecule has 0 saturated carbocycles. The number of nitrogens with zero attached hydrogens (tertiary/aromatic N) is 1. The molecule has 2 N–H and O–H groups in total. The first-order valence-electron chi connectivity index (χ1n) is 7.72. The second-order valence-corrected chi connectivity index (χ2v) is 6.60. The minimum absolute atomic E-state index is 0.0465. The van der Waals surface area contributed by atoms with Crippen molar-refractivity contribution >= 4 is 16.6 Å². The zero-order chi connectivity index (χ0) is 15.5. The predicted molar refractivity (Wildman–Crippen MR) is 89.7 cm³/mol. The number of hydrogen-bond donors (Lipinski definition) is 2. The van der Waals surface area contributed by atoms with Crippen molar-refractivity contribution in [1.82, 2.24) is 4.98 Å². The molecule has 0 aliphatic heterocycles. The summed E-state index contributed by atoms with van der Waals surface area (Å²) in [5.41, 5.74) is 3.32. The van der Waals surface area contributed by atoms with Crippen molar-refractivity contribution in [3.8, 4) is 0 Å². The van der Waals surface area contributed by atoms with Gasteiger partial charge in [0.05, 0.1) is 11.6 Å². The van der Waals surface area contributed by atoms with E-state index in [4.69, 9.17) is 0 Å². The number of aliphatic hydroxyl groups is 1. The lowest BCUT2D eigenvalue weighted by Gasteiger charge is -2.27. The van der Waals surface area contributed by atoms with Gasteiger partial charge < -0.3 is 10.4 Å². The van der Waals surface area contributed by atoms with E-state index in [-0.39, 0.29) is 11.5 Å². The highest BCUT2D eigenvalue weighted by atomic mass is 16.3. The maximum atomic E-state index is 9.60. The van der Waals surface area contributed by atoms with Gasteiger partial charge in [0.15, 0.2) is 0 Å². The summed E-state index contributed by atoms with van der Waals surface area (Å²) in [7, 11) is 0. The van der Waals surface area contributed by atoms with Crippen molar-refractivity contribution < 1.29 is 5.11 Å². The normalized spacial score (nSPS) is 13.4. The Morgan fingerprint density at radius 1 is 1.29 bits per heavy atom. The van der Waals surface area contributed by atoms with Crippen molar-refractivity contribution in [2.24, 2.45) is 5.41 Å². The fraction of sp³-hybridized carbons (Fsp3) is 0.500. The van der Waals surface area contributed by atoms with Crippen molar-refractivity contribution in [1.29, 1.82) is 0 Å². The highest BCUT2D eigenvalue weighted by molar-refractivity contribution is 5.91. The van der Waals surface area contributed by atoms with E-state index in [1.807, 2.05) is 19.1 Å². The summed E-state index contributed by atoms with van der Waals surface area (Å²) in [6, 6.07) is 10.4. The van der Waals surface area contributed by atoms with Gasteiger partial charge in [0, 0.05) is 23.3 Å². The molecule has 0 bridgehead atoms. The number of anilines is 1. The molecule has 21 heavy (non-hydrogen) atoms. The third-order valence-electron chi connectivity index (χ3n) is 3.74. The Kier molecular flexibility index (Phi) is 4.84. The number of benzene rings is 1. The average molecular weight is 286 g/mol. The molecule has 1 heterocycles. The number of aliphatic hydroxyl groups excluding tert-OH is 1. The third kappa shape index (κ3) is 4.18. The molecule has 1 aromatic heterocycles. The lowest BCUT2D eigenvalue weighted by atomic mass is 9.87. The second kappa shape index (κ2) is 6.44. The SMILES string of the molecule is CCc1cc(NCC(C)(C)CC(C)O)c2ccccc2n1. The lowest BCUT2D eigenvalue weighted by molar-refractivity contribution is 0.135. The number of aryl methyl sites for hydroxylation is 1. The van der Waals surface area contributed by atoms with E-state index in [0.717, 1.165) is 41.7 Å². The fourth-order valence-corrected chi connectivity index (χ4v) is 2.76. The van der Waals surface area contributed by atoms with Crippen LogP contribution in [0.25, 0.3) is 10.9 Å². The van der Waals surface area contributed by atoms with Crippen molar-refractivity contribution in [3.63, 3.8) is 0 Å². The number of hydrogen-bond acceptors (Lipinski definition) is 3. The first kappa shape index (κ1) is 15.8. The van der Waals surface area contributed by atoms with Crippen LogP contribution >= 0.6 is 0 Å². The summed E-state index contributed by atoms with van der Waals surface area (Å²) >= 11 is 0. The van der Waals surface area contributed by atoms with Crippen LogP contribution in [0, 0.1) is 5.41 Å².